The van der Waals surface area contributed by atoms with Crippen molar-refractivity contribution in [1.82, 2.24) is 4.98 Å². The topological polar surface area (TPSA) is 34.1 Å². The summed E-state index contributed by atoms with van der Waals surface area (Å²) < 4.78 is 40.5. The minimum atomic E-state index is -4.66. The summed E-state index contributed by atoms with van der Waals surface area (Å²) in [7, 11) is 0. The fraction of sp³-hybridized carbons (Fsp3) is 0.214. The van der Waals surface area contributed by atoms with E-state index >= 15 is 0 Å². The van der Waals surface area contributed by atoms with Crippen LogP contribution in [0, 0.1) is 0 Å². The van der Waals surface area contributed by atoms with Gasteiger partial charge in [-0.25, -0.2) is 0 Å². The van der Waals surface area contributed by atoms with E-state index < -0.39 is 6.36 Å². The van der Waals surface area contributed by atoms with Crippen LogP contribution in [0.1, 0.15) is 17.2 Å². The molecule has 1 unspecified atom stereocenters. The monoisotopic (exact) mass is 280 g/mol. The minimum Gasteiger partial charge on any atom is -0.406 e. The molecule has 0 amide bonds. The zero-order valence-corrected chi connectivity index (χ0v) is 10.3. The minimum absolute atomic E-state index is 0.0501. The van der Waals surface area contributed by atoms with Crippen molar-refractivity contribution in [3.63, 3.8) is 0 Å². The van der Waals surface area contributed by atoms with Gasteiger partial charge in [0, 0.05) is 18.1 Å². The van der Waals surface area contributed by atoms with Gasteiger partial charge in [0.1, 0.15) is 5.75 Å². The van der Waals surface area contributed by atoms with Crippen LogP contribution >= 0.6 is 0 Å². The first-order valence-corrected chi connectivity index (χ1v) is 6.06. The Bertz CT molecular complexity index is 614. The first-order chi connectivity index (χ1) is 9.51. The summed E-state index contributed by atoms with van der Waals surface area (Å²) in [5.41, 5.74) is 2.70. The lowest BCUT2D eigenvalue weighted by Gasteiger charge is -2.10. The number of anilines is 1. The van der Waals surface area contributed by atoms with Crippen molar-refractivity contribution in [3.05, 3.63) is 53.9 Å². The standard InChI is InChI=1S/C14H11F3N2O/c15-14(16,17)20-11-1-2-12-10(7-11)8-13(19-12)9-3-5-18-6-4-9/h1-7,13,19H,8H2. The molecule has 0 bridgehead atoms. The maximum absolute atomic E-state index is 12.2. The van der Waals surface area contributed by atoms with Crippen LogP contribution in [0.25, 0.3) is 0 Å². The van der Waals surface area contributed by atoms with Gasteiger partial charge in [-0.05, 0) is 47.9 Å². The lowest BCUT2D eigenvalue weighted by Crippen LogP contribution is -2.17. The van der Waals surface area contributed by atoms with Crippen LogP contribution in [0.5, 0.6) is 5.75 Å². The quantitative estimate of drug-likeness (QED) is 0.911. The van der Waals surface area contributed by atoms with Gasteiger partial charge in [0.2, 0.25) is 0 Å². The largest absolute Gasteiger partial charge is 0.573 e. The van der Waals surface area contributed by atoms with Crippen molar-refractivity contribution in [2.75, 3.05) is 5.32 Å². The molecule has 1 aliphatic heterocycles. The second-order valence-corrected chi connectivity index (χ2v) is 4.55. The van der Waals surface area contributed by atoms with Gasteiger partial charge in [0.05, 0.1) is 6.04 Å². The molecule has 20 heavy (non-hydrogen) atoms. The Morgan fingerprint density at radius 2 is 1.90 bits per heavy atom. The number of ether oxygens (including phenoxy) is 1. The maximum Gasteiger partial charge on any atom is 0.573 e. The Morgan fingerprint density at radius 3 is 2.60 bits per heavy atom. The van der Waals surface area contributed by atoms with Gasteiger partial charge in [0.25, 0.3) is 0 Å². The highest BCUT2D eigenvalue weighted by Crippen LogP contribution is 2.37. The van der Waals surface area contributed by atoms with Crippen molar-refractivity contribution in [1.29, 1.82) is 0 Å². The summed E-state index contributed by atoms with van der Waals surface area (Å²) in [5.74, 6) is -0.187. The smallest absolute Gasteiger partial charge is 0.406 e. The van der Waals surface area contributed by atoms with Crippen molar-refractivity contribution in [3.8, 4) is 5.75 Å². The molecule has 6 heteroatoms. The van der Waals surface area contributed by atoms with Gasteiger partial charge >= 0.3 is 6.36 Å². The van der Waals surface area contributed by atoms with Gasteiger partial charge in [-0.3, -0.25) is 4.98 Å². The molecule has 1 aromatic carbocycles. The van der Waals surface area contributed by atoms with Crippen molar-refractivity contribution >= 4 is 5.69 Å². The average Bonchev–Trinajstić information content (AvgIpc) is 2.81. The van der Waals surface area contributed by atoms with Crippen LogP contribution in [-0.2, 0) is 6.42 Å². The summed E-state index contributed by atoms with van der Waals surface area (Å²) in [6.07, 6.45) is -0.657. The number of aromatic nitrogens is 1. The highest BCUT2D eigenvalue weighted by molar-refractivity contribution is 5.60. The van der Waals surface area contributed by atoms with Crippen LogP contribution in [-0.4, -0.2) is 11.3 Å². The number of benzene rings is 1. The number of rotatable bonds is 2. The molecular weight excluding hydrogens is 269 g/mol. The third kappa shape index (κ3) is 2.68. The van der Waals surface area contributed by atoms with Crippen molar-refractivity contribution in [2.45, 2.75) is 18.8 Å². The average molecular weight is 280 g/mol. The Kier molecular flexibility index (Phi) is 3.00. The number of nitrogens with zero attached hydrogens (tertiary/aromatic N) is 1. The maximum atomic E-state index is 12.2. The van der Waals surface area contributed by atoms with Crippen LogP contribution < -0.4 is 10.1 Å². The third-order valence-corrected chi connectivity index (χ3v) is 3.17. The Labute approximate surface area is 113 Å². The molecule has 0 saturated heterocycles. The molecule has 0 aliphatic carbocycles. The number of fused-ring (bicyclic) bond motifs is 1. The van der Waals surface area contributed by atoms with Gasteiger partial charge < -0.3 is 10.1 Å². The van der Waals surface area contributed by atoms with Crippen molar-refractivity contribution < 1.29 is 17.9 Å². The second-order valence-electron chi connectivity index (χ2n) is 4.55. The Balaban J connectivity index is 1.80. The van der Waals surface area contributed by atoms with Crippen molar-refractivity contribution in [2.24, 2.45) is 0 Å². The van der Waals surface area contributed by atoms with Gasteiger partial charge in [-0.1, -0.05) is 0 Å². The molecule has 2 heterocycles. The van der Waals surface area contributed by atoms with E-state index in [9.17, 15) is 13.2 Å². The molecule has 1 aromatic heterocycles. The predicted molar refractivity (Wildman–Crippen MR) is 67.4 cm³/mol. The summed E-state index contributed by atoms with van der Waals surface area (Å²) in [4.78, 5) is 3.95. The third-order valence-electron chi connectivity index (χ3n) is 3.17. The summed E-state index contributed by atoms with van der Waals surface area (Å²) >= 11 is 0. The Hall–Kier alpha value is -2.24. The SMILES string of the molecule is FC(F)(F)Oc1ccc2c(c1)CC(c1ccncc1)N2. The fourth-order valence-corrected chi connectivity index (χ4v) is 2.33. The Morgan fingerprint density at radius 1 is 1.15 bits per heavy atom. The first kappa shape index (κ1) is 12.8. The van der Waals surface area contributed by atoms with Gasteiger partial charge in [-0.2, -0.15) is 0 Å². The molecule has 0 spiro atoms. The number of hydrogen-bond acceptors (Lipinski definition) is 3. The van der Waals surface area contributed by atoms with E-state index in [1.165, 1.54) is 12.1 Å². The second kappa shape index (κ2) is 4.70. The summed E-state index contributed by atoms with van der Waals surface area (Å²) in [5, 5.41) is 3.28. The molecule has 0 fully saturated rings. The van der Waals surface area contributed by atoms with E-state index in [0.717, 1.165) is 16.8 Å². The number of nitrogens with one attached hydrogen (secondary N) is 1. The van der Waals surface area contributed by atoms with Gasteiger partial charge in [0.15, 0.2) is 0 Å². The van der Waals surface area contributed by atoms with Crippen LogP contribution in [0.15, 0.2) is 42.7 Å². The molecule has 1 N–H and O–H groups in total. The van der Waals surface area contributed by atoms with E-state index in [1.807, 2.05) is 12.1 Å². The molecule has 1 atom stereocenters. The molecule has 2 aromatic rings. The lowest BCUT2D eigenvalue weighted by molar-refractivity contribution is -0.274. The van der Waals surface area contributed by atoms with E-state index in [2.05, 4.69) is 15.0 Å². The van der Waals surface area contributed by atoms with E-state index in [0.29, 0.717) is 6.42 Å². The number of halogens is 3. The predicted octanol–water partition coefficient (Wildman–Crippen LogP) is 3.69. The highest BCUT2D eigenvalue weighted by Gasteiger charge is 2.32. The zero-order valence-electron chi connectivity index (χ0n) is 10.3. The lowest BCUT2D eigenvalue weighted by atomic mass is 10.0. The highest BCUT2D eigenvalue weighted by atomic mass is 19.4. The molecule has 3 nitrogen and oxygen atoms in total. The molecule has 1 aliphatic rings. The molecule has 104 valence electrons. The number of alkyl halides is 3. The number of pyridine rings is 1. The van der Waals surface area contributed by atoms with Crippen LogP contribution in [0.2, 0.25) is 0 Å². The molecular formula is C14H11F3N2O. The van der Waals surface area contributed by atoms with E-state index in [1.54, 1.807) is 18.5 Å². The first-order valence-electron chi connectivity index (χ1n) is 6.06. The van der Waals surface area contributed by atoms with E-state index in [-0.39, 0.29) is 11.8 Å². The molecule has 0 radical (unpaired) electrons. The fourth-order valence-electron chi connectivity index (χ4n) is 2.33. The summed E-state index contributed by atoms with van der Waals surface area (Å²) in [6.45, 7) is 0. The molecule has 0 saturated carbocycles. The van der Waals surface area contributed by atoms with E-state index in [4.69, 9.17) is 0 Å². The number of hydrogen-bond donors (Lipinski definition) is 1. The zero-order chi connectivity index (χ0) is 14.2. The van der Waals surface area contributed by atoms with Crippen LogP contribution in [0.3, 0.4) is 0 Å². The molecule has 3 rings (SSSR count). The van der Waals surface area contributed by atoms with Crippen LogP contribution in [0.4, 0.5) is 18.9 Å². The van der Waals surface area contributed by atoms with Gasteiger partial charge in [-0.15, -0.1) is 13.2 Å². The summed E-state index contributed by atoms with van der Waals surface area (Å²) in [6, 6.07) is 8.17. The normalized spacial score (nSPS) is 17.4.